The molecule has 1 aliphatic heterocycles. The van der Waals surface area contributed by atoms with E-state index in [1.165, 1.54) is 0 Å². The fourth-order valence-corrected chi connectivity index (χ4v) is 2.97. The lowest BCUT2D eigenvalue weighted by Gasteiger charge is -2.18. The molecule has 1 aromatic carbocycles. The van der Waals surface area contributed by atoms with Gasteiger partial charge < -0.3 is 19.9 Å². The van der Waals surface area contributed by atoms with Crippen molar-refractivity contribution in [1.82, 2.24) is 9.55 Å². The smallest absolute Gasteiger partial charge is 0.351 e. The van der Waals surface area contributed by atoms with E-state index in [1.54, 1.807) is 30.3 Å². The van der Waals surface area contributed by atoms with E-state index in [4.69, 9.17) is 26.4 Å². The van der Waals surface area contributed by atoms with Gasteiger partial charge in [0.1, 0.15) is 18.5 Å². The van der Waals surface area contributed by atoms with Crippen LogP contribution in [0.1, 0.15) is 29.1 Å². The highest BCUT2D eigenvalue weighted by Crippen LogP contribution is 2.33. The summed E-state index contributed by atoms with van der Waals surface area (Å²) >= 11 is 0. The summed E-state index contributed by atoms with van der Waals surface area (Å²) in [6, 6.07) is 8.13. The molecule has 156 valence electrons. The van der Waals surface area contributed by atoms with Crippen molar-refractivity contribution in [2.24, 2.45) is 0 Å². The fourth-order valence-electron chi connectivity index (χ4n) is 2.97. The maximum atomic E-state index is 15.1. The van der Waals surface area contributed by atoms with Crippen LogP contribution in [0.2, 0.25) is 0 Å². The molecule has 1 saturated heterocycles. The summed E-state index contributed by atoms with van der Waals surface area (Å²) in [5.74, 6) is 0.619. The Morgan fingerprint density at radius 3 is 2.70 bits per heavy atom. The van der Waals surface area contributed by atoms with Crippen LogP contribution in [0.15, 0.2) is 41.3 Å². The number of halogens is 1. The molecule has 1 fully saturated rings. The molecule has 0 aliphatic carbocycles. The quantitative estimate of drug-likeness (QED) is 0.563. The topological polar surface area (TPSA) is 123 Å². The summed E-state index contributed by atoms with van der Waals surface area (Å²) in [5.41, 5.74) is 5.01. The monoisotopic (exact) mass is 415 g/mol. The number of aromatic nitrogens is 2. The summed E-state index contributed by atoms with van der Waals surface area (Å²) in [6.07, 6.45) is 0.388. The first-order valence-corrected chi connectivity index (χ1v) is 8.86. The van der Waals surface area contributed by atoms with Gasteiger partial charge >= 0.3 is 17.6 Å². The predicted octanol–water partition coefficient (Wildman–Crippen LogP) is 0.831. The number of anilines is 1. The second-order valence-electron chi connectivity index (χ2n) is 6.42. The summed E-state index contributed by atoms with van der Waals surface area (Å²) in [5, 5.41) is 0. The third-order valence-electron chi connectivity index (χ3n) is 4.37. The lowest BCUT2D eigenvalue weighted by Crippen LogP contribution is -2.37. The van der Waals surface area contributed by atoms with Crippen LogP contribution in [-0.2, 0) is 19.0 Å². The van der Waals surface area contributed by atoms with Gasteiger partial charge in [-0.2, -0.15) is 4.98 Å². The van der Waals surface area contributed by atoms with E-state index in [-0.39, 0.29) is 16.9 Å². The lowest BCUT2D eigenvalue weighted by molar-refractivity contribution is -0.152. The van der Waals surface area contributed by atoms with E-state index in [0.717, 1.165) is 17.7 Å². The van der Waals surface area contributed by atoms with E-state index in [9.17, 15) is 14.4 Å². The molecule has 9 nitrogen and oxygen atoms in total. The van der Waals surface area contributed by atoms with E-state index in [1.807, 2.05) is 0 Å². The first-order chi connectivity index (χ1) is 14.3. The van der Waals surface area contributed by atoms with Gasteiger partial charge in [-0.1, -0.05) is 24.1 Å². The molecule has 2 N–H and O–H groups in total. The number of nitrogen functional groups attached to an aromatic ring is 1. The van der Waals surface area contributed by atoms with Crippen molar-refractivity contribution in [3.63, 3.8) is 0 Å². The van der Waals surface area contributed by atoms with Crippen LogP contribution in [-0.4, -0.2) is 46.5 Å². The zero-order valence-electron chi connectivity index (χ0n) is 15.9. The minimum Gasteiger partial charge on any atom is -0.459 e. The molecule has 3 rings (SSSR count). The first kappa shape index (κ1) is 21.0. The van der Waals surface area contributed by atoms with Gasteiger partial charge in [-0.3, -0.25) is 9.36 Å². The summed E-state index contributed by atoms with van der Waals surface area (Å²) in [6.45, 7) is 0.683. The van der Waals surface area contributed by atoms with Crippen molar-refractivity contribution in [1.29, 1.82) is 0 Å². The number of nitrogens with zero attached hydrogens (tertiary/aromatic N) is 2. The number of esters is 2. The molecule has 0 amide bonds. The van der Waals surface area contributed by atoms with Crippen LogP contribution in [0.5, 0.6) is 0 Å². The first-order valence-electron chi connectivity index (χ1n) is 8.86. The number of alkyl halides is 1. The minimum absolute atomic E-state index is 0.0633. The highest BCUT2D eigenvalue weighted by molar-refractivity contribution is 5.89. The number of carbonyl (C=O) groups is 2. The van der Waals surface area contributed by atoms with Crippen molar-refractivity contribution in [3.8, 4) is 12.3 Å². The summed E-state index contributed by atoms with van der Waals surface area (Å²) < 4.78 is 31.7. The predicted molar refractivity (Wildman–Crippen MR) is 102 cm³/mol. The molecular weight excluding hydrogens is 397 g/mol. The Balaban J connectivity index is 1.83. The van der Waals surface area contributed by atoms with Crippen LogP contribution in [0.3, 0.4) is 0 Å². The van der Waals surface area contributed by atoms with Crippen molar-refractivity contribution in [2.45, 2.75) is 31.5 Å². The molecule has 0 saturated carbocycles. The van der Waals surface area contributed by atoms with Crippen LogP contribution in [0, 0.1) is 12.3 Å². The Morgan fingerprint density at radius 2 is 2.07 bits per heavy atom. The van der Waals surface area contributed by atoms with Crippen molar-refractivity contribution in [3.05, 3.63) is 58.1 Å². The largest absolute Gasteiger partial charge is 0.459 e. The second kappa shape index (κ2) is 8.75. The van der Waals surface area contributed by atoms with E-state index >= 15 is 4.39 Å². The highest BCUT2D eigenvalue weighted by atomic mass is 19.1. The number of benzene rings is 1. The number of ether oxygens (including phenoxy) is 3. The molecule has 0 bridgehead atoms. The van der Waals surface area contributed by atoms with Gasteiger partial charge in [0.05, 0.1) is 11.1 Å². The Hall–Kier alpha value is -3.71. The number of hydrogen-bond acceptors (Lipinski definition) is 8. The van der Waals surface area contributed by atoms with E-state index in [0.29, 0.717) is 0 Å². The van der Waals surface area contributed by atoms with E-state index < -0.39 is 48.8 Å². The number of nitrogens with two attached hydrogens (primary N) is 1. The average Bonchev–Trinajstić information content (AvgIpc) is 3.02. The van der Waals surface area contributed by atoms with E-state index in [2.05, 4.69) is 10.9 Å². The molecule has 10 heteroatoms. The zero-order chi connectivity index (χ0) is 21.8. The van der Waals surface area contributed by atoms with Gasteiger partial charge in [-0.15, -0.1) is 6.42 Å². The van der Waals surface area contributed by atoms with Crippen LogP contribution < -0.4 is 11.4 Å². The standard InChI is InChI=1S/C20H18FN3O6/c1-3-12-9-24(20(27)23-17(12)22)18-15(21)16(29-11(2)25)14(30-18)10-28-19(26)13-7-5-4-6-8-13/h1,4-9,14-16,18H,10H2,2H3,(H2,22,23,27)/t14-,15+,16-,18-/m1/s1. The second-order valence-corrected chi connectivity index (χ2v) is 6.42. The minimum atomic E-state index is -1.96. The molecule has 0 unspecified atom stereocenters. The summed E-state index contributed by atoms with van der Waals surface area (Å²) in [7, 11) is 0. The molecule has 2 heterocycles. The van der Waals surface area contributed by atoms with Crippen LogP contribution in [0.4, 0.5) is 10.2 Å². The van der Waals surface area contributed by atoms with Crippen molar-refractivity contribution < 1.29 is 28.2 Å². The molecule has 0 radical (unpaired) electrons. The zero-order valence-corrected chi connectivity index (χ0v) is 15.9. The SMILES string of the molecule is C#Cc1cn([C@@H]2O[C@H](COC(=O)c3ccccc3)[C@@H](OC(C)=O)[C@@H]2F)c(=O)nc1N. The van der Waals surface area contributed by atoms with Gasteiger partial charge in [0.15, 0.2) is 18.5 Å². The third kappa shape index (κ3) is 4.31. The van der Waals surface area contributed by atoms with Crippen molar-refractivity contribution >= 4 is 17.8 Å². The number of carbonyl (C=O) groups excluding carboxylic acids is 2. The van der Waals surface area contributed by atoms with Gasteiger partial charge in [0, 0.05) is 13.1 Å². The molecule has 2 aromatic rings. The number of rotatable bonds is 5. The molecular formula is C20H18FN3O6. The maximum absolute atomic E-state index is 15.1. The van der Waals surface area contributed by atoms with Gasteiger partial charge in [0.25, 0.3) is 0 Å². The fraction of sp³-hybridized carbons (Fsp3) is 0.300. The Kier molecular flexibility index (Phi) is 6.13. The number of hydrogen-bond donors (Lipinski definition) is 1. The van der Waals surface area contributed by atoms with Crippen LogP contribution >= 0.6 is 0 Å². The molecule has 1 aliphatic rings. The molecule has 1 aromatic heterocycles. The Bertz CT molecular complexity index is 1050. The van der Waals surface area contributed by atoms with Crippen molar-refractivity contribution in [2.75, 3.05) is 12.3 Å². The average molecular weight is 415 g/mol. The third-order valence-corrected chi connectivity index (χ3v) is 4.37. The van der Waals surface area contributed by atoms with Crippen LogP contribution in [0.25, 0.3) is 0 Å². The lowest BCUT2D eigenvalue weighted by atomic mass is 10.1. The maximum Gasteiger partial charge on any atom is 0.351 e. The normalized spacial score (nSPS) is 22.8. The Labute approximate surface area is 170 Å². The molecule has 0 spiro atoms. The highest BCUT2D eigenvalue weighted by Gasteiger charge is 2.49. The summed E-state index contributed by atoms with van der Waals surface area (Å²) in [4.78, 5) is 39.3. The Morgan fingerprint density at radius 1 is 1.37 bits per heavy atom. The van der Waals surface area contributed by atoms with Gasteiger partial charge in [-0.25, -0.2) is 14.0 Å². The van der Waals surface area contributed by atoms with Gasteiger partial charge in [-0.05, 0) is 12.1 Å². The van der Waals surface area contributed by atoms with Gasteiger partial charge in [0.2, 0.25) is 0 Å². The molecule has 4 atom stereocenters. The molecule has 30 heavy (non-hydrogen) atoms. The number of terminal acetylenes is 1.